The number of nitrogens with one attached hydrogen (secondary N) is 2. The van der Waals surface area contributed by atoms with Crippen LogP contribution in [0.5, 0.6) is 0 Å². The van der Waals surface area contributed by atoms with Crippen LogP contribution in [-0.4, -0.2) is 31.1 Å². The zero-order valence-corrected chi connectivity index (χ0v) is 10.2. The van der Waals surface area contributed by atoms with Crippen molar-refractivity contribution in [2.45, 2.75) is 0 Å². The van der Waals surface area contributed by atoms with Gasteiger partial charge in [-0.2, -0.15) is 4.73 Å². The lowest BCUT2D eigenvalue weighted by Crippen LogP contribution is -2.11. The Kier molecular flexibility index (Phi) is 2.91. The fourth-order valence-electron chi connectivity index (χ4n) is 1.98. The minimum atomic E-state index is 0.711. The first-order valence-electron chi connectivity index (χ1n) is 5.39. The van der Waals surface area contributed by atoms with Crippen LogP contribution in [0.15, 0.2) is 29.4 Å². The lowest BCUT2D eigenvalue weighted by atomic mass is 10.1. The maximum atomic E-state index is 9.93. The Morgan fingerprint density at radius 1 is 1.12 bits per heavy atom. The zero-order chi connectivity index (χ0) is 12.4. The average Bonchev–Trinajstić information content (AvgIpc) is 2.38. The van der Waals surface area contributed by atoms with Gasteiger partial charge >= 0.3 is 0 Å². The summed E-state index contributed by atoms with van der Waals surface area (Å²) in [4.78, 5) is 4.23. The van der Waals surface area contributed by atoms with Crippen LogP contribution in [-0.2, 0) is 0 Å². The summed E-state index contributed by atoms with van der Waals surface area (Å²) in [6.45, 7) is 0. The van der Waals surface area contributed by atoms with Crippen LogP contribution >= 0.6 is 0 Å². The fraction of sp³-hybridized carbons (Fsp3) is 0.250. The molecule has 1 aromatic heterocycles. The van der Waals surface area contributed by atoms with E-state index >= 15 is 0 Å². The maximum absolute atomic E-state index is 9.93. The van der Waals surface area contributed by atoms with Gasteiger partial charge in [0, 0.05) is 33.0 Å². The van der Waals surface area contributed by atoms with Gasteiger partial charge in [-0.1, -0.05) is 0 Å². The third-order valence-electron chi connectivity index (χ3n) is 2.82. The lowest BCUT2D eigenvalue weighted by Gasteiger charge is -2.13. The molecule has 0 fully saturated rings. The molecule has 0 radical (unpaired) electrons. The summed E-state index contributed by atoms with van der Waals surface area (Å²) in [5.41, 5.74) is 2.50. The predicted octanol–water partition coefficient (Wildman–Crippen LogP) is 1.49. The molecule has 1 heterocycles. The molecule has 17 heavy (non-hydrogen) atoms. The number of hydrogen-bond donors (Lipinski definition) is 3. The molecule has 3 N–H and O–H groups in total. The first kappa shape index (κ1) is 11.3. The summed E-state index contributed by atoms with van der Waals surface area (Å²) >= 11 is 0. The van der Waals surface area contributed by atoms with Crippen LogP contribution in [0.1, 0.15) is 0 Å². The molecule has 0 atom stereocenters. The number of fused-ring (bicyclic) bond motifs is 1. The number of nitrogens with zero attached hydrogens (tertiary/aromatic N) is 2. The van der Waals surface area contributed by atoms with E-state index in [-0.39, 0.29) is 0 Å². The fourth-order valence-corrected chi connectivity index (χ4v) is 1.98. The highest BCUT2D eigenvalue weighted by Gasteiger charge is 2.09. The van der Waals surface area contributed by atoms with E-state index in [9.17, 15) is 5.21 Å². The molecule has 0 aliphatic carbocycles. The first-order chi connectivity index (χ1) is 8.22. The molecule has 2 rings (SSSR count). The Morgan fingerprint density at radius 3 is 2.35 bits per heavy atom. The molecule has 0 saturated carbocycles. The maximum Gasteiger partial charge on any atom is 0.114 e. The predicted molar refractivity (Wildman–Crippen MR) is 69.7 cm³/mol. The third-order valence-corrected chi connectivity index (χ3v) is 2.82. The minimum Gasteiger partial charge on any atom is -0.428 e. The van der Waals surface area contributed by atoms with Crippen LogP contribution in [0, 0.1) is 0 Å². The van der Waals surface area contributed by atoms with Gasteiger partial charge in [0.1, 0.15) is 5.52 Å². The van der Waals surface area contributed by atoms with Crippen molar-refractivity contribution in [1.82, 2.24) is 4.73 Å². The van der Waals surface area contributed by atoms with E-state index in [2.05, 4.69) is 15.6 Å². The van der Waals surface area contributed by atoms with Crippen LogP contribution in [0.25, 0.3) is 10.9 Å². The second kappa shape index (κ2) is 4.37. The Hall–Kier alpha value is -2.17. The van der Waals surface area contributed by atoms with Crippen molar-refractivity contribution < 1.29 is 5.21 Å². The lowest BCUT2D eigenvalue weighted by molar-refractivity contribution is 0.198. The molecule has 0 aliphatic heterocycles. The third kappa shape index (κ3) is 1.69. The quantitative estimate of drug-likeness (QED) is 0.687. The van der Waals surface area contributed by atoms with E-state index in [1.165, 1.54) is 0 Å². The smallest absolute Gasteiger partial charge is 0.114 e. The van der Waals surface area contributed by atoms with Gasteiger partial charge in [-0.3, -0.25) is 4.99 Å². The largest absolute Gasteiger partial charge is 0.428 e. The SMILES string of the molecule is CN=c1ccn(O)c2c(NC)ccc(NC)c12. The topological polar surface area (TPSA) is 61.6 Å². The second-order valence-corrected chi connectivity index (χ2v) is 3.65. The van der Waals surface area contributed by atoms with Gasteiger partial charge < -0.3 is 15.8 Å². The van der Waals surface area contributed by atoms with Gasteiger partial charge in [-0.15, -0.1) is 0 Å². The Balaban J connectivity index is 3.04. The monoisotopic (exact) mass is 232 g/mol. The van der Waals surface area contributed by atoms with E-state index in [1.54, 1.807) is 19.3 Å². The highest BCUT2D eigenvalue weighted by Crippen LogP contribution is 2.26. The molecule has 5 heteroatoms. The summed E-state index contributed by atoms with van der Waals surface area (Å²) in [6, 6.07) is 5.66. The highest BCUT2D eigenvalue weighted by molar-refractivity contribution is 5.99. The number of benzene rings is 1. The van der Waals surface area contributed by atoms with E-state index in [4.69, 9.17) is 0 Å². The van der Waals surface area contributed by atoms with Gasteiger partial charge in [0.25, 0.3) is 0 Å². The van der Waals surface area contributed by atoms with Crippen molar-refractivity contribution in [3.8, 4) is 0 Å². The Labute approximate surface area is 99.4 Å². The van der Waals surface area contributed by atoms with Crippen molar-refractivity contribution in [3.05, 3.63) is 29.8 Å². The normalized spacial score (nSPS) is 11.8. The molecule has 5 nitrogen and oxygen atoms in total. The number of anilines is 2. The van der Waals surface area contributed by atoms with Crippen LogP contribution < -0.4 is 16.0 Å². The van der Waals surface area contributed by atoms with Gasteiger partial charge in [0.05, 0.1) is 16.4 Å². The van der Waals surface area contributed by atoms with Crippen LogP contribution in [0.4, 0.5) is 11.4 Å². The molecular weight excluding hydrogens is 216 g/mol. The highest BCUT2D eigenvalue weighted by atomic mass is 16.5. The average molecular weight is 232 g/mol. The van der Waals surface area contributed by atoms with E-state index in [0.717, 1.165) is 26.8 Å². The molecular formula is C12H16N4O. The van der Waals surface area contributed by atoms with Gasteiger partial charge in [-0.25, -0.2) is 0 Å². The van der Waals surface area contributed by atoms with E-state index in [1.807, 2.05) is 26.2 Å². The number of rotatable bonds is 2. The first-order valence-corrected chi connectivity index (χ1v) is 5.39. The summed E-state index contributed by atoms with van der Waals surface area (Å²) in [6.07, 6.45) is 1.59. The molecule has 90 valence electrons. The van der Waals surface area contributed by atoms with Crippen molar-refractivity contribution in [1.29, 1.82) is 0 Å². The molecule has 2 aromatic rings. The Bertz CT molecular complexity index is 616. The number of hydrogen-bond acceptors (Lipinski definition) is 4. The summed E-state index contributed by atoms with van der Waals surface area (Å²) < 4.78 is 1.11. The van der Waals surface area contributed by atoms with Crippen molar-refractivity contribution in [2.75, 3.05) is 31.8 Å². The molecule has 0 amide bonds. The Morgan fingerprint density at radius 2 is 1.76 bits per heavy atom. The zero-order valence-electron chi connectivity index (χ0n) is 10.2. The van der Waals surface area contributed by atoms with Gasteiger partial charge in [0.2, 0.25) is 0 Å². The summed E-state index contributed by atoms with van der Waals surface area (Å²) in [7, 11) is 5.41. The standard InChI is InChI=1S/C12H16N4O/c1-13-8-4-5-10(15-3)12-11(8)9(14-2)6-7-16(12)17/h4-7,13,15,17H,1-3H3. The number of pyridine rings is 1. The van der Waals surface area contributed by atoms with Crippen molar-refractivity contribution in [3.63, 3.8) is 0 Å². The molecule has 0 bridgehead atoms. The molecule has 0 spiro atoms. The van der Waals surface area contributed by atoms with Gasteiger partial charge in [0.15, 0.2) is 0 Å². The molecule has 0 aliphatic rings. The summed E-state index contributed by atoms with van der Waals surface area (Å²) in [5, 5.41) is 17.8. The second-order valence-electron chi connectivity index (χ2n) is 3.65. The van der Waals surface area contributed by atoms with E-state index < -0.39 is 0 Å². The molecule has 1 aromatic carbocycles. The minimum absolute atomic E-state index is 0.711. The van der Waals surface area contributed by atoms with E-state index in [0.29, 0.717) is 5.52 Å². The van der Waals surface area contributed by atoms with Crippen molar-refractivity contribution in [2.24, 2.45) is 4.99 Å². The van der Waals surface area contributed by atoms with Crippen LogP contribution in [0.2, 0.25) is 0 Å². The van der Waals surface area contributed by atoms with Gasteiger partial charge in [-0.05, 0) is 18.2 Å². The molecule has 0 unspecified atom stereocenters. The summed E-state index contributed by atoms with van der Waals surface area (Å²) in [5.74, 6) is 0. The van der Waals surface area contributed by atoms with Crippen molar-refractivity contribution >= 4 is 22.3 Å². The molecule has 0 saturated heterocycles. The van der Waals surface area contributed by atoms with Crippen LogP contribution in [0.3, 0.4) is 0 Å². The number of aromatic nitrogens is 1.